The molecular formula is C10H15ClF2N2O. The van der Waals surface area contributed by atoms with E-state index in [2.05, 4.69) is 10.3 Å². The first-order chi connectivity index (χ1) is 7.17. The van der Waals surface area contributed by atoms with Gasteiger partial charge in [0, 0.05) is 12.6 Å². The average molecular weight is 253 g/mol. The highest BCUT2D eigenvalue weighted by molar-refractivity contribution is 5.85. The van der Waals surface area contributed by atoms with Gasteiger partial charge in [-0.15, -0.1) is 12.4 Å². The number of anilines is 1. The summed E-state index contributed by atoms with van der Waals surface area (Å²) in [5, 5.41) is 2.93. The summed E-state index contributed by atoms with van der Waals surface area (Å²) in [5.41, 5.74) is 1.67. The van der Waals surface area contributed by atoms with Gasteiger partial charge in [0.05, 0.1) is 11.9 Å². The minimum atomic E-state index is -2.47. The lowest BCUT2D eigenvalue weighted by molar-refractivity contribution is 0.0791. The molecule has 0 aliphatic heterocycles. The van der Waals surface area contributed by atoms with E-state index in [0.29, 0.717) is 6.42 Å². The Hall–Kier alpha value is -1.10. The highest BCUT2D eigenvalue weighted by Crippen LogP contribution is 2.20. The molecule has 1 aromatic rings. The molecule has 16 heavy (non-hydrogen) atoms. The first-order valence-corrected chi connectivity index (χ1v) is 4.75. The van der Waals surface area contributed by atoms with E-state index >= 15 is 0 Å². The molecule has 0 saturated carbocycles. The van der Waals surface area contributed by atoms with Gasteiger partial charge in [0.15, 0.2) is 6.61 Å². The third-order valence-electron chi connectivity index (χ3n) is 1.94. The molecule has 0 saturated heterocycles. The molecule has 0 aliphatic carbocycles. The molecule has 0 radical (unpaired) electrons. The van der Waals surface area contributed by atoms with Gasteiger partial charge in [0.2, 0.25) is 5.88 Å². The monoisotopic (exact) mass is 252 g/mol. The zero-order chi connectivity index (χ0) is 11.3. The molecule has 1 aromatic heterocycles. The van der Waals surface area contributed by atoms with Crippen molar-refractivity contribution in [3.8, 4) is 5.88 Å². The van der Waals surface area contributed by atoms with Crippen LogP contribution in [-0.4, -0.2) is 25.1 Å². The van der Waals surface area contributed by atoms with E-state index in [1.54, 1.807) is 13.2 Å². The van der Waals surface area contributed by atoms with Crippen molar-refractivity contribution in [2.45, 2.75) is 19.8 Å². The van der Waals surface area contributed by atoms with Crippen LogP contribution in [0.4, 0.5) is 14.5 Å². The number of aryl methyl sites for hydroxylation is 1. The average Bonchev–Trinajstić information content (AvgIpc) is 2.25. The zero-order valence-corrected chi connectivity index (χ0v) is 9.98. The van der Waals surface area contributed by atoms with Crippen molar-refractivity contribution in [3.05, 3.63) is 17.8 Å². The summed E-state index contributed by atoms with van der Waals surface area (Å²) < 4.78 is 28.8. The molecule has 0 atom stereocenters. The lowest BCUT2D eigenvalue weighted by Gasteiger charge is -2.10. The van der Waals surface area contributed by atoms with Crippen molar-refractivity contribution in [3.63, 3.8) is 0 Å². The van der Waals surface area contributed by atoms with Gasteiger partial charge in [0.25, 0.3) is 6.43 Å². The van der Waals surface area contributed by atoms with Gasteiger partial charge in [-0.25, -0.2) is 13.8 Å². The van der Waals surface area contributed by atoms with E-state index in [1.165, 1.54) is 0 Å². The molecular weight excluding hydrogens is 238 g/mol. The number of hydrogen-bond acceptors (Lipinski definition) is 3. The topological polar surface area (TPSA) is 34.2 Å². The largest absolute Gasteiger partial charge is 0.471 e. The number of nitrogens with zero attached hydrogens (tertiary/aromatic N) is 1. The minimum Gasteiger partial charge on any atom is -0.471 e. The Bertz CT molecular complexity index is 324. The van der Waals surface area contributed by atoms with Crippen LogP contribution < -0.4 is 10.1 Å². The molecule has 1 N–H and O–H groups in total. The maximum Gasteiger partial charge on any atom is 0.272 e. The second-order valence-corrected chi connectivity index (χ2v) is 2.99. The molecule has 0 aromatic carbocycles. The lowest BCUT2D eigenvalue weighted by atomic mass is 10.2. The fourth-order valence-electron chi connectivity index (χ4n) is 1.16. The Morgan fingerprint density at radius 1 is 1.50 bits per heavy atom. The van der Waals surface area contributed by atoms with Crippen LogP contribution >= 0.6 is 12.4 Å². The zero-order valence-electron chi connectivity index (χ0n) is 9.17. The van der Waals surface area contributed by atoms with Crippen molar-refractivity contribution in [1.82, 2.24) is 4.98 Å². The number of halogens is 3. The minimum absolute atomic E-state index is 0. The van der Waals surface area contributed by atoms with Crippen LogP contribution in [0.25, 0.3) is 0 Å². The van der Waals surface area contributed by atoms with Crippen molar-refractivity contribution in [2.24, 2.45) is 0 Å². The van der Waals surface area contributed by atoms with Gasteiger partial charge in [-0.1, -0.05) is 6.92 Å². The van der Waals surface area contributed by atoms with Crippen LogP contribution in [-0.2, 0) is 6.42 Å². The van der Waals surface area contributed by atoms with Crippen molar-refractivity contribution < 1.29 is 13.5 Å². The van der Waals surface area contributed by atoms with Gasteiger partial charge < -0.3 is 10.1 Å². The van der Waals surface area contributed by atoms with Gasteiger partial charge in [-0.2, -0.15) is 0 Å². The molecule has 0 amide bonds. The first-order valence-electron chi connectivity index (χ1n) is 4.75. The van der Waals surface area contributed by atoms with Crippen LogP contribution in [0.2, 0.25) is 0 Å². The molecule has 0 unspecified atom stereocenters. The molecule has 3 nitrogen and oxygen atoms in total. The summed E-state index contributed by atoms with van der Waals surface area (Å²) in [6, 6.07) is 1.84. The number of pyridine rings is 1. The molecule has 1 heterocycles. The number of alkyl halides is 2. The van der Waals surface area contributed by atoms with Gasteiger partial charge >= 0.3 is 0 Å². The molecule has 0 fully saturated rings. The van der Waals surface area contributed by atoms with Crippen LogP contribution in [0.1, 0.15) is 12.5 Å². The third-order valence-corrected chi connectivity index (χ3v) is 1.94. The smallest absolute Gasteiger partial charge is 0.272 e. The van der Waals surface area contributed by atoms with E-state index in [9.17, 15) is 8.78 Å². The number of aromatic nitrogens is 1. The third kappa shape index (κ3) is 4.18. The van der Waals surface area contributed by atoms with Crippen LogP contribution in [0, 0.1) is 0 Å². The van der Waals surface area contributed by atoms with E-state index in [0.717, 1.165) is 11.3 Å². The van der Waals surface area contributed by atoms with Crippen LogP contribution in [0.5, 0.6) is 5.88 Å². The van der Waals surface area contributed by atoms with E-state index < -0.39 is 13.0 Å². The Balaban J connectivity index is 0.00000225. The number of ether oxygens (including phenoxy) is 1. The van der Waals surface area contributed by atoms with Crippen LogP contribution in [0.15, 0.2) is 12.3 Å². The standard InChI is InChI=1S/C10H14F2N2O.ClH/c1-3-7-4-8(13-2)5-14-10(7)15-6-9(11)12;/h4-5,9,13H,3,6H2,1-2H3;1H. The second kappa shape index (κ2) is 7.22. The summed E-state index contributed by atoms with van der Waals surface area (Å²) in [7, 11) is 1.77. The Labute approximate surface area is 99.6 Å². The van der Waals surface area contributed by atoms with Crippen molar-refractivity contribution in [1.29, 1.82) is 0 Å². The fourth-order valence-corrected chi connectivity index (χ4v) is 1.16. The Kier molecular flexibility index (Phi) is 6.72. The summed E-state index contributed by atoms with van der Waals surface area (Å²) in [5.74, 6) is 0.289. The molecule has 0 spiro atoms. The maximum absolute atomic E-state index is 11.9. The molecule has 6 heteroatoms. The van der Waals surface area contributed by atoms with E-state index in [4.69, 9.17) is 4.74 Å². The van der Waals surface area contributed by atoms with Crippen LogP contribution in [0.3, 0.4) is 0 Å². The molecule has 1 rings (SSSR count). The molecule has 0 bridgehead atoms. The van der Waals surface area contributed by atoms with Crippen molar-refractivity contribution >= 4 is 18.1 Å². The predicted molar refractivity (Wildman–Crippen MR) is 61.9 cm³/mol. The number of nitrogens with one attached hydrogen (secondary N) is 1. The normalized spacial score (nSPS) is 9.81. The Morgan fingerprint density at radius 3 is 2.69 bits per heavy atom. The predicted octanol–water partition coefficient (Wildman–Crippen LogP) is 2.75. The number of hydrogen-bond donors (Lipinski definition) is 1. The SMILES string of the molecule is CCc1cc(NC)cnc1OCC(F)F.Cl. The fraction of sp³-hybridized carbons (Fsp3) is 0.500. The van der Waals surface area contributed by atoms with E-state index in [-0.39, 0.29) is 18.3 Å². The molecule has 92 valence electrons. The van der Waals surface area contributed by atoms with Gasteiger partial charge in [-0.05, 0) is 12.5 Å². The summed E-state index contributed by atoms with van der Waals surface area (Å²) >= 11 is 0. The second-order valence-electron chi connectivity index (χ2n) is 2.99. The van der Waals surface area contributed by atoms with Gasteiger partial charge in [-0.3, -0.25) is 0 Å². The first kappa shape index (κ1) is 14.9. The van der Waals surface area contributed by atoms with Crippen molar-refractivity contribution in [2.75, 3.05) is 19.0 Å². The van der Waals surface area contributed by atoms with Gasteiger partial charge in [0.1, 0.15) is 0 Å². The highest BCUT2D eigenvalue weighted by Gasteiger charge is 2.08. The summed E-state index contributed by atoms with van der Waals surface area (Å²) in [4.78, 5) is 3.97. The Morgan fingerprint density at radius 2 is 2.19 bits per heavy atom. The summed E-state index contributed by atoms with van der Waals surface area (Å²) in [6.45, 7) is 1.31. The number of rotatable bonds is 5. The highest BCUT2D eigenvalue weighted by atomic mass is 35.5. The lowest BCUT2D eigenvalue weighted by Crippen LogP contribution is -2.09. The van der Waals surface area contributed by atoms with E-state index in [1.807, 2.05) is 13.0 Å². The quantitative estimate of drug-likeness (QED) is 0.875. The maximum atomic E-state index is 11.9. The molecule has 0 aliphatic rings. The summed E-state index contributed by atoms with van der Waals surface area (Å²) in [6.07, 6.45) is -0.221.